The molecule has 0 radical (unpaired) electrons. The molecular weight excluding hydrogens is 206 g/mol. The zero-order chi connectivity index (χ0) is 11.8. The van der Waals surface area contributed by atoms with E-state index in [0.717, 1.165) is 12.1 Å². The molecule has 0 unspecified atom stereocenters. The number of phenols is 1. The quantitative estimate of drug-likeness (QED) is 0.796. The van der Waals surface area contributed by atoms with Gasteiger partial charge in [-0.15, -0.1) is 0 Å². The van der Waals surface area contributed by atoms with E-state index in [2.05, 4.69) is 0 Å². The standard InChI is InChI=1S/C10H10F2O3/c1-5-3-7(8(13)4-6(5)2)10(11,12)9(14)15/h3-4,13H,1-2H3,(H,14,15). The predicted molar refractivity (Wildman–Crippen MR) is 49.1 cm³/mol. The fourth-order valence-electron chi connectivity index (χ4n) is 1.17. The van der Waals surface area contributed by atoms with Crippen molar-refractivity contribution in [3.05, 3.63) is 28.8 Å². The number of halogens is 2. The first-order chi connectivity index (χ1) is 6.76. The fourth-order valence-corrected chi connectivity index (χ4v) is 1.17. The van der Waals surface area contributed by atoms with Crippen molar-refractivity contribution >= 4 is 5.97 Å². The van der Waals surface area contributed by atoms with E-state index < -0.39 is 23.2 Å². The van der Waals surface area contributed by atoms with Crippen LogP contribution in [0.25, 0.3) is 0 Å². The summed E-state index contributed by atoms with van der Waals surface area (Å²) in [6.45, 7) is 3.20. The Kier molecular flexibility index (Phi) is 2.66. The highest BCUT2D eigenvalue weighted by molar-refractivity contribution is 5.78. The fraction of sp³-hybridized carbons (Fsp3) is 0.300. The molecule has 0 fully saturated rings. The maximum absolute atomic E-state index is 13.1. The summed E-state index contributed by atoms with van der Waals surface area (Å²) < 4.78 is 26.2. The summed E-state index contributed by atoms with van der Waals surface area (Å²) in [6, 6.07) is 2.11. The van der Waals surface area contributed by atoms with Gasteiger partial charge in [-0.1, -0.05) is 0 Å². The van der Waals surface area contributed by atoms with E-state index in [9.17, 15) is 18.7 Å². The number of hydrogen-bond donors (Lipinski definition) is 2. The van der Waals surface area contributed by atoms with Gasteiger partial charge in [0.05, 0.1) is 5.56 Å². The number of carboxylic acids is 1. The second-order valence-corrected chi connectivity index (χ2v) is 3.33. The van der Waals surface area contributed by atoms with Crippen molar-refractivity contribution in [3.63, 3.8) is 0 Å². The Morgan fingerprint density at radius 1 is 1.27 bits per heavy atom. The lowest BCUT2D eigenvalue weighted by Crippen LogP contribution is -2.25. The van der Waals surface area contributed by atoms with Crippen LogP contribution in [0, 0.1) is 13.8 Å². The summed E-state index contributed by atoms with van der Waals surface area (Å²) in [4.78, 5) is 10.3. The molecule has 0 heterocycles. The van der Waals surface area contributed by atoms with Gasteiger partial charge in [0.2, 0.25) is 0 Å². The van der Waals surface area contributed by atoms with E-state index >= 15 is 0 Å². The third-order valence-corrected chi connectivity index (χ3v) is 2.22. The van der Waals surface area contributed by atoms with E-state index in [1.165, 1.54) is 0 Å². The second kappa shape index (κ2) is 3.49. The Morgan fingerprint density at radius 2 is 1.73 bits per heavy atom. The molecule has 0 aliphatic heterocycles. The van der Waals surface area contributed by atoms with Crippen LogP contribution in [-0.4, -0.2) is 16.2 Å². The van der Waals surface area contributed by atoms with E-state index in [1.54, 1.807) is 13.8 Å². The Bertz CT molecular complexity index is 413. The minimum absolute atomic E-state index is 0.503. The minimum Gasteiger partial charge on any atom is -0.507 e. The Morgan fingerprint density at radius 3 is 2.20 bits per heavy atom. The number of rotatable bonds is 2. The summed E-state index contributed by atoms with van der Waals surface area (Å²) in [7, 11) is 0. The maximum atomic E-state index is 13.1. The Balaban J connectivity index is 3.38. The molecule has 0 atom stereocenters. The van der Waals surface area contributed by atoms with Gasteiger partial charge in [0.25, 0.3) is 0 Å². The number of aromatic hydroxyl groups is 1. The molecule has 2 N–H and O–H groups in total. The average Bonchev–Trinajstić information content (AvgIpc) is 2.10. The summed E-state index contributed by atoms with van der Waals surface area (Å²) in [5, 5.41) is 17.6. The van der Waals surface area contributed by atoms with Gasteiger partial charge in [-0.3, -0.25) is 0 Å². The van der Waals surface area contributed by atoms with E-state index in [-0.39, 0.29) is 0 Å². The van der Waals surface area contributed by atoms with E-state index in [0.29, 0.717) is 11.1 Å². The lowest BCUT2D eigenvalue weighted by molar-refractivity contribution is -0.166. The van der Waals surface area contributed by atoms with Gasteiger partial charge in [0, 0.05) is 0 Å². The largest absolute Gasteiger partial charge is 0.507 e. The van der Waals surface area contributed by atoms with E-state index in [1.807, 2.05) is 0 Å². The SMILES string of the molecule is Cc1cc(O)c(C(F)(F)C(=O)O)cc1C. The normalized spacial score (nSPS) is 11.5. The van der Waals surface area contributed by atoms with Crippen molar-refractivity contribution < 1.29 is 23.8 Å². The Hall–Kier alpha value is -1.65. The summed E-state index contributed by atoms with van der Waals surface area (Å²) in [6.07, 6.45) is 0. The van der Waals surface area contributed by atoms with Gasteiger partial charge in [0.1, 0.15) is 5.75 Å². The summed E-state index contributed by atoms with van der Waals surface area (Å²) >= 11 is 0. The third-order valence-electron chi connectivity index (χ3n) is 2.22. The highest BCUT2D eigenvalue weighted by atomic mass is 19.3. The molecule has 0 saturated heterocycles. The van der Waals surface area contributed by atoms with Gasteiger partial charge >= 0.3 is 11.9 Å². The van der Waals surface area contributed by atoms with Crippen LogP contribution >= 0.6 is 0 Å². The van der Waals surface area contributed by atoms with Gasteiger partial charge in [0.15, 0.2) is 0 Å². The molecule has 0 aliphatic carbocycles. The van der Waals surface area contributed by atoms with Gasteiger partial charge in [-0.2, -0.15) is 8.78 Å². The number of carbonyl (C=O) groups is 1. The summed E-state index contributed by atoms with van der Waals surface area (Å²) in [5.41, 5.74) is 0.249. The number of hydrogen-bond acceptors (Lipinski definition) is 2. The zero-order valence-electron chi connectivity index (χ0n) is 8.21. The van der Waals surface area contributed by atoms with Gasteiger partial charge in [-0.05, 0) is 37.1 Å². The molecule has 0 aromatic heterocycles. The first kappa shape index (κ1) is 11.4. The molecule has 1 aromatic rings. The van der Waals surface area contributed by atoms with Crippen LogP contribution in [0.3, 0.4) is 0 Å². The first-order valence-electron chi connectivity index (χ1n) is 4.18. The zero-order valence-corrected chi connectivity index (χ0v) is 8.21. The van der Waals surface area contributed by atoms with Crippen molar-refractivity contribution in [2.45, 2.75) is 19.8 Å². The van der Waals surface area contributed by atoms with Crippen molar-refractivity contribution in [2.75, 3.05) is 0 Å². The molecule has 1 rings (SSSR count). The van der Waals surface area contributed by atoms with Crippen LogP contribution in [-0.2, 0) is 10.7 Å². The number of aliphatic carboxylic acids is 1. The molecule has 0 aliphatic rings. The van der Waals surface area contributed by atoms with Crippen LogP contribution in [0.1, 0.15) is 16.7 Å². The first-order valence-corrected chi connectivity index (χ1v) is 4.18. The van der Waals surface area contributed by atoms with Crippen LogP contribution in [0.2, 0.25) is 0 Å². The number of alkyl halides is 2. The van der Waals surface area contributed by atoms with Crippen molar-refractivity contribution in [1.82, 2.24) is 0 Å². The van der Waals surface area contributed by atoms with Gasteiger partial charge < -0.3 is 10.2 Å². The van der Waals surface area contributed by atoms with Crippen LogP contribution < -0.4 is 0 Å². The van der Waals surface area contributed by atoms with Crippen molar-refractivity contribution in [3.8, 4) is 5.75 Å². The van der Waals surface area contributed by atoms with Crippen molar-refractivity contribution in [1.29, 1.82) is 0 Å². The van der Waals surface area contributed by atoms with Crippen LogP contribution in [0.15, 0.2) is 12.1 Å². The molecule has 5 heteroatoms. The van der Waals surface area contributed by atoms with E-state index in [4.69, 9.17) is 5.11 Å². The molecule has 82 valence electrons. The summed E-state index contributed by atoms with van der Waals surface area (Å²) in [5.74, 6) is -7.05. The maximum Gasteiger partial charge on any atom is 0.379 e. The molecule has 0 bridgehead atoms. The van der Waals surface area contributed by atoms with Crippen molar-refractivity contribution in [2.24, 2.45) is 0 Å². The number of benzene rings is 1. The monoisotopic (exact) mass is 216 g/mol. The average molecular weight is 216 g/mol. The molecular formula is C10H10F2O3. The molecule has 1 aromatic carbocycles. The van der Waals surface area contributed by atoms with Crippen LogP contribution in [0.5, 0.6) is 5.75 Å². The highest BCUT2D eigenvalue weighted by Gasteiger charge is 2.43. The molecule has 15 heavy (non-hydrogen) atoms. The predicted octanol–water partition coefficient (Wildman–Crippen LogP) is 2.19. The lowest BCUT2D eigenvalue weighted by Gasteiger charge is -2.14. The third kappa shape index (κ3) is 1.91. The molecule has 0 saturated carbocycles. The number of aryl methyl sites for hydroxylation is 2. The smallest absolute Gasteiger partial charge is 0.379 e. The van der Waals surface area contributed by atoms with Crippen LogP contribution in [0.4, 0.5) is 8.78 Å². The highest BCUT2D eigenvalue weighted by Crippen LogP contribution is 2.36. The molecule has 0 amide bonds. The Labute approximate surface area is 85.0 Å². The van der Waals surface area contributed by atoms with Gasteiger partial charge in [-0.25, -0.2) is 4.79 Å². The molecule has 3 nitrogen and oxygen atoms in total. The second-order valence-electron chi connectivity index (χ2n) is 3.33. The number of phenolic OH excluding ortho intramolecular Hbond substituents is 1. The topological polar surface area (TPSA) is 57.5 Å². The molecule has 0 spiro atoms. The minimum atomic E-state index is -4.07. The lowest BCUT2D eigenvalue weighted by atomic mass is 10.0. The number of carboxylic acid groups (broad SMARTS) is 1.